The van der Waals surface area contributed by atoms with Gasteiger partial charge in [0.05, 0.1) is 0 Å². The lowest BCUT2D eigenvalue weighted by atomic mass is 9.88. The Morgan fingerprint density at radius 1 is 1.38 bits per heavy atom. The molecule has 0 radical (unpaired) electrons. The molecule has 0 spiro atoms. The maximum absolute atomic E-state index is 4.43. The van der Waals surface area contributed by atoms with Gasteiger partial charge in [0.15, 0.2) is 0 Å². The smallest absolute Gasteiger partial charge is 0.0301 e. The summed E-state index contributed by atoms with van der Waals surface area (Å²) in [6.45, 7) is 4.53. The van der Waals surface area contributed by atoms with Gasteiger partial charge >= 0.3 is 0 Å². The lowest BCUT2D eigenvalue weighted by Gasteiger charge is -2.17. The molecule has 0 aromatic heterocycles. The number of unbranched alkanes of at least 4 members (excludes halogenated alkanes) is 1. The van der Waals surface area contributed by atoms with Crippen LogP contribution in [-0.4, -0.2) is 6.21 Å². The summed E-state index contributed by atoms with van der Waals surface area (Å²) in [7, 11) is 0. The Bertz CT molecular complexity index is 329. The van der Waals surface area contributed by atoms with Gasteiger partial charge in [0, 0.05) is 12.4 Å². The molecule has 0 unspecified atom stereocenters. The predicted octanol–water partition coefficient (Wildman–Crippen LogP) is 4.65. The van der Waals surface area contributed by atoms with Gasteiger partial charge < -0.3 is 0 Å². The third-order valence-corrected chi connectivity index (χ3v) is 3.86. The van der Waals surface area contributed by atoms with Crippen molar-refractivity contribution in [3.8, 4) is 0 Å². The maximum atomic E-state index is 4.43. The summed E-state index contributed by atoms with van der Waals surface area (Å²) in [5, 5.41) is 0. The van der Waals surface area contributed by atoms with E-state index in [9.17, 15) is 0 Å². The Hall–Kier alpha value is -0.850. The zero-order valence-corrected chi connectivity index (χ0v) is 10.6. The molecule has 2 aliphatic rings. The second-order valence-corrected chi connectivity index (χ2v) is 5.33. The third kappa shape index (κ3) is 2.63. The number of aliphatic imine (C=N–C) groups is 1. The fraction of sp³-hybridized carbons (Fsp3) is 0.667. The molecule has 1 aliphatic heterocycles. The van der Waals surface area contributed by atoms with Crippen LogP contribution in [0.2, 0.25) is 0 Å². The fourth-order valence-electron chi connectivity index (χ4n) is 2.51. The van der Waals surface area contributed by atoms with Crippen molar-refractivity contribution in [3.63, 3.8) is 0 Å². The summed E-state index contributed by atoms with van der Waals surface area (Å²) in [6.07, 6.45) is 15.6. The molecule has 1 nitrogen and oxygen atoms in total. The normalized spacial score (nSPS) is 31.6. The third-order valence-electron chi connectivity index (χ3n) is 3.86. The van der Waals surface area contributed by atoms with Gasteiger partial charge in [0.25, 0.3) is 0 Å². The first-order chi connectivity index (χ1) is 7.77. The first-order valence-electron chi connectivity index (χ1n) is 6.66. The number of hydrogen-bond acceptors (Lipinski definition) is 1. The minimum Gasteiger partial charge on any atom is -0.269 e. The van der Waals surface area contributed by atoms with Crippen molar-refractivity contribution < 1.29 is 0 Å². The molecule has 1 aliphatic carbocycles. The van der Waals surface area contributed by atoms with Crippen molar-refractivity contribution >= 4 is 6.21 Å². The van der Waals surface area contributed by atoms with Crippen molar-refractivity contribution in [2.24, 2.45) is 10.4 Å². The number of allylic oxidation sites excluding steroid dienone is 3. The van der Waals surface area contributed by atoms with Crippen LogP contribution in [0, 0.1) is 5.41 Å². The standard InChI is InChI=1S/C15H23N/c1-3-4-7-15(8-9-15)14-11-13(2)6-5-10-16-12-14/h10-12H,3-9H2,1-2H3/b13-11-,14-12+,16-10-. The van der Waals surface area contributed by atoms with Gasteiger partial charge in [0.1, 0.15) is 0 Å². The highest BCUT2D eigenvalue weighted by Crippen LogP contribution is 2.56. The highest BCUT2D eigenvalue weighted by molar-refractivity contribution is 5.59. The van der Waals surface area contributed by atoms with E-state index in [4.69, 9.17) is 0 Å². The minimum atomic E-state index is 0.506. The van der Waals surface area contributed by atoms with E-state index < -0.39 is 0 Å². The molecular weight excluding hydrogens is 194 g/mol. The lowest BCUT2D eigenvalue weighted by Crippen LogP contribution is -2.04. The van der Waals surface area contributed by atoms with Crippen molar-refractivity contribution in [2.45, 2.75) is 58.8 Å². The molecule has 0 amide bonds. The Balaban J connectivity index is 2.14. The van der Waals surface area contributed by atoms with E-state index in [1.165, 1.54) is 49.7 Å². The van der Waals surface area contributed by atoms with Crippen LogP contribution in [0.5, 0.6) is 0 Å². The molecule has 1 fully saturated rings. The highest BCUT2D eigenvalue weighted by atomic mass is 14.7. The Labute approximate surface area is 99.4 Å². The molecule has 0 atom stereocenters. The zero-order valence-electron chi connectivity index (χ0n) is 10.6. The highest BCUT2D eigenvalue weighted by Gasteiger charge is 2.44. The van der Waals surface area contributed by atoms with Crippen LogP contribution in [0.25, 0.3) is 0 Å². The quantitative estimate of drug-likeness (QED) is 0.650. The summed E-state index contributed by atoms with van der Waals surface area (Å²) in [5.74, 6) is 0. The van der Waals surface area contributed by atoms with Gasteiger partial charge in [-0.2, -0.15) is 0 Å². The Morgan fingerprint density at radius 2 is 2.19 bits per heavy atom. The van der Waals surface area contributed by atoms with Gasteiger partial charge in [-0.25, -0.2) is 0 Å². The number of nitrogens with zero attached hydrogens (tertiary/aromatic N) is 1. The van der Waals surface area contributed by atoms with Crippen molar-refractivity contribution in [1.29, 1.82) is 0 Å². The van der Waals surface area contributed by atoms with E-state index in [-0.39, 0.29) is 0 Å². The van der Waals surface area contributed by atoms with Crippen LogP contribution in [0.1, 0.15) is 58.8 Å². The van der Waals surface area contributed by atoms with Crippen molar-refractivity contribution in [2.75, 3.05) is 0 Å². The first-order valence-corrected chi connectivity index (χ1v) is 6.66. The topological polar surface area (TPSA) is 12.4 Å². The van der Waals surface area contributed by atoms with Gasteiger partial charge in [-0.15, -0.1) is 0 Å². The summed E-state index contributed by atoms with van der Waals surface area (Å²) < 4.78 is 0. The summed E-state index contributed by atoms with van der Waals surface area (Å²) in [5.41, 5.74) is 3.51. The lowest BCUT2D eigenvalue weighted by molar-refractivity contribution is 0.524. The molecule has 2 rings (SSSR count). The zero-order chi connectivity index (χ0) is 11.4. The molecule has 1 heteroatoms. The van der Waals surface area contributed by atoms with Crippen LogP contribution in [-0.2, 0) is 0 Å². The maximum Gasteiger partial charge on any atom is 0.0301 e. The molecule has 88 valence electrons. The summed E-state index contributed by atoms with van der Waals surface area (Å²) >= 11 is 0. The van der Waals surface area contributed by atoms with Gasteiger partial charge in [0.2, 0.25) is 0 Å². The monoisotopic (exact) mass is 217 g/mol. The molecule has 0 bridgehead atoms. The average Bonchev–Trinajstić information content (AvgIpc) is 3.01. The molecule has 16 heavy (non-hydrogen) atoms. The van der Waals surface area contributed by atoms with Crippen LogP contribution in [0.15, 0.2) is 28.4 Å². The second kappa shape index (κ2) is 4.99. The van der Waals surface area contributed by atoms with Crippen LogP contribution >= 0.6 is 0 Å². The van der Waals surface area contributed by atoms with E-state index in [1.807, 2.05) is 0 Å². The van der Waals surface area contributed by atoms with Gasteiger partial charge in [-0.1, -0.05) is 31.4 Å². The van der Waals surface area contributed by atoms with Gasteiger partial charge in [-0.3, -0.25) is 4.99 Å². The number of hydrogen-bond donors (Lipinski definition) is 0. The largest absolute Gasteiger partial charge is 0.269 e. The van der Waals surface area contributed by atoms with E-state index >= 15 is 0 Å². The molecule has 0 aromatic rings. The van der Waals surface area contributed by atoms with Crippen molar-refractivity contribution in [3.05, 3.63) is 23.4 Å². The first kappa shape index (κ1) is 11.6. The van der Waals surface area contributed by atoms with E-state index in [0.29, 0.717) is 5.41 Å². The Kier molecular flexibility index (Phi) is 3.63. The van der Waals surface area contributed by atoms with Crippen molar-refractivity contribution in [1.82, 2.24) is 0 Å². The summed E-state index contributed by atoms with van der Waals surface area (Å²) in [4.78, 5) is 4.43. The molecule has 1 heterocycles. The summed E-state index contributed by atoms with van der Waals surface area (Å²) in [6, 6.07) is 0. The van der Waals surface area contributed by atoms with Crippen LogP contribution < -0.4 is 0 Å². The molecule has 0 saturated heterocycles. The second-order valence-electron chi connectivity index (χ2n) is 5.33. The fourth-order valence-corrected chi connectivity index (χ4v) is 2.51. The van der Waals surface area contributed by atoms with E-state index in [2.05, 4.69) is 37.3 Å². The average molecular weight is 217 g/mol. The van der Waals surface area contributed by atoms with E-state index in [1.54, 1.807) is 0 Å². The SMILES string of the molecule is CCCCC1(C2=C/N=C\CC/C(C)=C\2)CC1. The number of rotatable bonds is 4. The van der Waals surface area contributed by atoms with E-state index in [0.717, 1.165) is 6.42 Å². The predicted molar refractivity (Wildman–Crippen MR) is 70.8 cm³/mol. The van der Waals surface area contributed by atoms with Gasteiger partial charge in [-0.05, 0) is 50.0 Å². The van der Waals surface area contributed by atoms with Crippen LogP contribution in [0.4, 0.5) is 0 Å². The minimum absolute atomic E-state index is 0.506. The molecule has 0 aromatic carbocycles. The molecule has 1 saturated carbocycles. The molecule has 0 N–H and O–H groups in total. The van der Waals surface area contributed by atoms with Crippen LogP contribution in [0.3, 0.4) is 0 Å². The molecular formula is C15H23N. The Morgan fingerprint density at radius 3 is 2.88 bits per heavy atom.